The number of rotatable bonds is 2. The minimum absolute atomic E-state index is 0.437. The van der Waals surface area contributed by atoms with E-state index in [0.717, 1.165) is 24.3 Å². The molecule has 0 fully saturated rings. The van der Waals surface area contributed by atoms with Gasteiger partial charge in [-0.05, 0) is 24.3 Å². The first-order valence-electron chi connectivity index (χ1n) is 3.61. The Hall–Kier alpha value is -0.850. The molecule has 0 aromatic heterocycles. The highest BCUT2D eigenvalue weighted by molar-refractivity contribution is 9.10. The molecule has 0 N–H and O–H groups in total. The zero-order chi connectivity index (χ0) is 11.7. The maximum absolute atomic E-state index is 12.9. The van der Waals surface area contributed by atoms with Crippen LogP contribution >= 0.6 is 15.9 Å². The fraction of sp³-hybridized carbons (Fsp3) is 0.250. The van der Waals surface area contributed by atoms with Gasteiger partial charge in [-0.3, -0.25) is 0 Å². The minimum atomic E-state index is -5.22. The van der Waals surface area contributed by atoms with E-state index in [1.807, 2.05) is 0 Å². The lowest BCUT2D eigenvalue weighted by molar-refractivity contribution is -0.252. The Morgan fingerprint density at radius 2 is 1.47 bits per heavy atom. The van der Waals surface area contributed by atoms with Gasteiger partial charge in [0.25, 0.3) is 0 Å². The number of halogens is 6. The van der Waals surface area contributed by atoms with Crippen LogP contribution in [0.3, 0.4) is 0 Å². The monoisotopic (exact) mass is 290 g/mol. The SMILES string of the molecule is Fc1ccc(OC(F)(Br)C(F)(F)F)cc1. The van der Waals surface area contributed by atoms with Crippen LogP contribution in [0.2, 0.25) is 0 Å². The van der Waals surface area contributed by atoms with Gasteiger partial charge in [0.05, 0.1) is 0 Å². The third-order valence-corrected chi connectivity index (χ3v) is 2.00. The summed E-state index contributed by atoms with van der Waals surface area (Å²) in [4.78, 5) is 0. The summed E-state index contributed by atoms with van der Waals surface area (Å²) < 4.78 is 61.2. The fourth-order valence-electron chi connectivity index (χ4n) is 0.709. The van der Waals surface area contributed by atoms with E-state index >= 15 is 0 Å². The largest absolute Gasteiger partial charge is 0.472 e. The number of hydrogen-bond acceptors (Lipinski definition) is 1. The zero-order valence-corrected chi connectivity index (χ0v) is 8.57. The lowest BCUT2D eigenvalue weighted by Crippen LogP contribution is -2.40. The van der Waals surface area contributed by atoms with Crippen molar-refractivity contribution in [3.8, 4) is 5.75 Å². The molecule has 0 spiro atoms. The number of ether oxygens (including phenoxy) is 1. The Labute approximate surface area is 90.0 Å². The molecular weight excluding hydrogens is 287 g/mol. The molecule has 1 unspecified atom stereocenters. The highest BCUT2D eigenvalue weighted by Crippen LogP contribution is 2.40. The topological polar surface area (TPSA) is 9.23 Å². The van der Waals surface area contributed by atoms with Crippen molar-refractivity contribution >= 4 is 15.9 Å². The Morgan fingerprint density at radius 3 is 1.87 bits per heavy atom. The molecular formula is C8H4BrF5O. The van der Waals surface area contributed by atoms with Crippen LogP contribution in [0.25, 0.3) is 0 Å². The third-order valence-electron chi connectivity index (χ3n) is 1.39. The number of alkyl halides is 5. The average molecular weight is 291 g/mol. The predicted octanol–water partition coefficient (Wildman–Crippen LogP) is 3.79. The molecule has 84 valence electrons. The van der Waals surface area contributed by atoms with Crippen molar-refractivity contribution in [3.05, 3.63) is 30.1 Å². The van der Waals surface area contributed by atoms with E-state index in [0.29, 0.717) is 0 Å². The lowest BCUT2D eigenvalue weighted by Gasteiger charge is -2.22. The third kappa shape index (κ3) is 3.05. The summed E-state index contributed by atoms with van der Waals surface area (Å²) in [5.41, 5.74) is 0. The normalized spacial score (nSPS) is 15.9. The Bertz CT molecular complexity index is 332. The molecule has 7 heteroatoms. The molecule has 1 atom stereocenters. The highest BCUT2D eigenvalue weighted by atomic mass is 79.9. The maximum atomic E-state index is 12.9. The number of benzene rings is 1. The molecule has 0 aliphatic carbocycles. The van der Waals surface area contributed by atoms with Crippen molar-refractivity contribution in [3.63, 3.8) is 0 Å². The zero-order valence-electron chi connectivity index (χ0n) is 6.99. The van der Waals surface area contributed by atoms with Gasteiger partial charge in [0.2, 0.25) is 0 Å². The first kappa shape index (κ1) is 12.2. The van der Waals surface area contributed by atoms with Crippen molar-refractivity contribution in [2.45, 2.75) is 10.9 Å². The van der Waals surface area contributed by atoms with Crippen LogP contribution in [0.1, 0.15) is 0 Å². The molecule has 0 saturated carbocycles. The van der Waals surface area contributed by atoms with Gasteiger partial charge in [-0.1, -0.05) is 0 Å². The van der Waals surface area contributed by atoms with Crippen molar-refractivity contribution in [1.82, 2.24) is 0 Å². The maximum Gasteiger partial charge on any atom is 0.472 e. The Morgan fingerprint density at radius 1 is 1.00 bits per heavy atom. The van der Waals surface area contributed by atoms with E-state index in [9.17, 15) is 22.0 Å². The van der Waals surface area contributed by atoms with Crippen molar-refractivity contribution in [2.75, 3.05) is 0 Å². The van der Waals surface area contributed by atoms with Crippen LogP contribution in [0.15, 0.2) is 24.3 Å². The molecule has 0 aliphatic heterocycles. The summed E-state index contributed by atoms with van der Waals surface area (Å²) in [5.74, 6) is -1.10. The lowest BCUT2D eigenvalue weighted by atomic mass is 10.3. The van der Waals surface area contributed by atoms with Gasteiger partial charge in [0.15, 0.2) is 0 Å². The van der Waals surface area contributed by atoms with Crippen LogP contribution in [0, 0.1) is 5.82 Å². The van der Waals surface area contributed by atoms with Gasteiger partial charge in [-0.15, -0.1) is 0 Å². The summed E-state index contributed by atoms with van der Waals surface area (Å²) in [6.07, 6.45) is -5.22. The van der Waals surface area contributed by atoms with E-state index in [1.54, 1.807) is 15.9 Å². The molecule has 0 radical (unpaired) electrons. The van der Waals surface area contributed by atoms with Crippen molar-refractivity contribution in [1.29, 1.82) is 0 Å². The molecule has 0 saturated heterocycles. The number of hydrogen-bond donors (Lipinski definition) is 0. The molecule has 0 amide bonds. The molecule has 1 aromatic rings. The Kier molecular flexibility index (Phi) is 3.22. The summed E-state index contributed by atoms with van der Waals surface area (Å²) >= 11 is 1.75. The van der Waals surface area contributed by atoms with Gasteiger partial charge in [-0.2, -0.15) is 17.6 Å². The van der Waals surface area contributed by atoms with E-state index in [2.05, 4.69) is 4.74 Å². The van der Waals surface area contributed by atoms with Crippen molar-refractivity contribution in [2.24, 2.45) is 0 Å². The van der Waals surface area contributed by atoms with Crippen LogP contribution in [-0.2, 0) is 0 Å². The van der Waals surface area contributed by atoms with Crippen LogP contribution in [0.5, 0.6) is 5.75 Å². The summed E-state index contributed by atoms with van der Waals surface area (Å²) in [5, 5.41) is 0. The molecule has 1 nitrogen and oxygen atoms in total. The van der Waals surface area contributed by atoms with E-state index in [1.165, 1.54) is 0 Å². The van der Waals surface area contributed by atoms with Crippen molar-refractivity contribution < 1.29 is 26.7 Å². The average Bonchev–Trinajstić information content (AvgIpc) is 2.06. The second kappa shape index (κ2) is 3.96. The van der Waals surface area contributed by atoms with Gasteiger partial charge in [0, 0.05) is 15.9 Å². The quantitative estimate of drug-likeness (QED) is 0.595. The minimum Gasteiger partial charge on any atom is -0.442 e. The molecule has 1 aromatic carbocycles. The summed E-state index contributed by atoms with van der Waals surface area (Å²) in [6, 6.07) is 3.48. The standard InChI is InChI=1S/C8H4BrF5O/c9-7(11,8(12,13)14)15-6-3-1-5(10)2-4-6/h1-4H. The smallest absolute Gasteiger partial charge is 0.442 e. The van der Waals surface area contributed by atoms with E-state index in [-0.39, 0.29) is 0 Å². The summed E-state index contributed by atoms with van der Waals surface area (Å²) in [6.45, 7) is 0. The first-order chi connectivity index (χ1) is 6.72. The second-order valence-electron chi connectivity index (χ2n) is 2.57. The van der Waals surface area contributed by atoms with Gasteiger partial charge >= 0.3 is 10.9 Å². The summed E-state index contributed by atoms with van der Waals surface area (Å²) in [7, 11) is 0. The van der Waals surface area contributed by atoms with Crippen LogP contribution in [-0.4, -0.2) is 10.9 Å². The predicted molar refractivity (Wildman–Crippen MR) is 45.8 cm³/mol. The Balaban J connectivity index is 2.82. The van der Waals surface area contributed by atoms with Crippen LogP contribution < -0.4 is 4.74 Å². The van der Waals surface area contributed by atoms with Crippen LogP contribution in [0.4, 0.5) is 22.0 Å². The van der Waals surface area contributed by atoms with Gasteiger partial charge < -0.3 is 4.74 Å². The van der Waals surface area contributed by atoms with Gasteiger partial charge in [-0.25, -0.2) is 4.39 Å². The molecule has 0 heterocycles. The molecule has 15 heavy (non-hydrogen) atoms. The molecule has 0 bridgehead atoms. The van der Waals surface area contributed by atoms with E-state index in [4.69, 9.17) is 0 Å². The highest BCUT2D eigenvalue weighted by Gasteiger charge is 2.57. The van der Waals surface area contributed by atoms with E-state index < -0.39 is 22.5 Å². The first-order valence-corrected chi connectivity index (χ1v) is 4.41. The second-order valence-corrected chi connectivity index (χ2v) is 3.59. The van der Waals surface area contributed by atoms with Gasteiger partial charge in [0.1, 0.15) is 11.6 Å². The molecule has 0 aliphatic rings. The fourth-order valence-corrected chi connectivity index (χ4v) is 0.895. The molecule has 1 rings (SSSR count).